The number of halogens is 1. The van der Waals surface area contributed by atoms with Crippen molar-refractivity contribution in [3.05, 3.63) is 43.2 Å². The quantitative estimate of drug-likeness (QED) is 0.903. The predicted octanol–water partition coefficient (Wildman–Crippen LogP) is 3.88. The van der Waals surface area contributed by atoms with Crippen LogP contribution in [0.25, 0.3) is 0 Å². The van der Waals surface area contributed by atoms with Crippen LogP contribution in [0.15, 0.2) is 32.7 Å². The van der Waals surface area contributed by atoms with E-state index in [0.717, 1.165) is 4.47 Å². The van der Waals surface area contributed by atoms with Crippen molar-refractivity contribution in [2.45, 2.75) is 6.04 Å². The molecule has 14 heavy (non-hydrogen) atoms. The predicted molar refractivity (Wildman–Crippen MR) is 67.2 cm³/mol. The molecule has 2 heterocycles. The third kappa shape index (κ3) is 2.08. The number of hydrogen-bond donors (Lipinski definition) is 1. The summed E-state index contributed by atoms with van der Waals surface area (Å²) in [5, 5.41) is 9.75. The first-order chi connectivity index (χ1) is 6.81. The highest BCUT2D eigenvalue weighted by Gasteiger charge is 2.13. The van der Waals surface area contributed by atoms with Crippen LogP contribution in [-0.4, -0.2) is 7.05 Å². The second-order valence-electron chi connectivity index (χ2n) is 2.95. The van der Waals surface area contributed by atoms with Gasteiger partial charge in [-0.2, -0.15) is 11.3 Å². The molecule has 74 valence electrons. The van der Waals surface area contributed by atoms with E-state index in [2.05, 4.69) is 49.5 Å². The van der Waals surface area contributed by atoms with Crippen molar-refractivity contribution in [3.63, 3.8) is 0 Å². The van der Waals surface area contributed by atoms with E-state index in [9.17, 15) is 0 Å². The van der Waals surface area contributed by atoms with Gasteiger partial charge in [-0.15, -0.1) is 11.3 Å². The Labute approximate surface area is 99.9 Å². The largest absolute Gasteiger partial charge is 0.309 e. The van der Waals surface area contributed by atoms with Gasteiger partial charge in [0.25, 0.3) is 0 Å². The van der Waals surface area contributed by atoms with E-state index in [1.807, 2.05) is 7.05 Å². The molecule has 0 saturated heterocycles. The molecule has 1 N–H and O–H groups in total. The van der Waals surface area contributed by atoms with Gasteiger partial charge in [0, 0.05) is 14.7 Å². The summed E-state index contributed by atoms with van der Waals surface area (Å²) >= 11 is 6.99. The van der Waals surface area contributed by atoms with E-state index in [1.165, 1.54) is 10.4 Å². The Bertz CT molecular complexity index is 394. The smallest absolute Gasteiger partial charge is 0.0677 e. The van der Waals surface area contributed by atoms with E-state index in [-0.39, 0.29) is 0 Å². The van der Waals surface area contributed by atoms with E-state index in [0.29, 0.717) is 6.04 Å². The zero-order chi connectivity index (χ0) is 9.97. The van der Waals surface area contributed by atoms with Crippen molar-refractivity contribution in [1.82, 2.24) is 5.32 Å². The lowest BCUT2D eigenvalue weighted by molar-refractivity contribution is 0.706. The Morgan fingerprint density at radius 2 is 2.29 bits per heavy atom. The van der Waals surface area contributed by atoms with Gasteiger partial charge < -0.3 is 5.32 Å². The minimum atomic E-state index is 0.331. The first-order valence-corrected chi connectivity index (χ1v) is 6.86. The molecule has 2 rings (SSSR count). The number of rotatable bonds is 3. The summed E-state index contributed by atoms with van der Waals surface area (Å²) < 4.78 is 1.16. The van der Waals surface area contributed by atoms with Gasteiger partial charge >= 0.3 is 0 Å². The lowest BCUT2D eigenvalue weighted by atomic mass is 10.1. The molecule has 4 heteroatoms. The second-order valence-corrected chi connectivity index (χ2v) is 5.58. The van der Waals surface area contributed by atoms with Crippen LogP contribution in [0.3, 0.4) is 0 Å². The summed E-state index contributed by atoms with van der Waals surface area (Å²) in [5.74, 6) is 0. The highest BCUT2D eigenvalue weighted by Crippen LogP contribution is 2.30. The molecule has 1 atom stereocenters. The van der Waals surface area contributed by atoms with Gasteiger partial charge in [0.2, 0.25) is 0 Å². The maximum absolute atomic E-state index is 3.48. The van der Waals surface area contributed by atoms with Crippen LogP contribution < -0.4 is 5.32 Å². The van der Waals surface area contributed by atoms with Crippen LogP contribution in [0.5, 0.6) is 0 Å². The van der Waals surface area contributed by atoms with Gasteiger partial charge in [0.1, 0.15) is 0 Å². The fourth-order valence-corrected chi connectivity index (χ4v) is 3.66. The fraction of sp³-hybridized carbons (Fsp3) is 0.200. The molecule has 0 bridgehead atoms. The highest BCUT2D eigenvalue weighted by molar-refractivity contribution is 9.10. The van der Waals surface area contributed by atoms with Crippen molar-refractivity contribution in [2.75, 3.05) is 7.05 Å². The van der Waals surface area contributed by atoms with Gasteiger partial charge in [-0.1, -0.05) is 0 Å². The summed E-state index contributed by atoms with van der Waals surface area (Å²) in [6, 6.07) is 4.67. The number of nitrogens with one attached hydrogen (secondary N) is 1. The molecule has 0 saturated carbocycles. The van der Waals surface area contributed by atoms with Crippen LogP contribution in [0.1, 0.15) is 16.5 Å². The molecule has 1 unspecified atom stereocenters. The summed E-state index contributed by atoms with van der Waals surface area (Å²) in [4.78, 5) is 1.35. The average Bonchev–Trinajstić information content (AvgIpc) is 2.79. The van der Waals surface area contributed by atoms with Gasteiger partial charge in [0.05, 0.1) is 6.04 Å². The Kier molecular flexibility index (Phi) is 3.38. The molecule has 0 aliphatic carbocycles. The van der Waals surface area contributed by atoms with Crippen LogP contribution in [0, 0.1) is 0 Å². The van der Waals surface area contributed by atoms with E-state index >= 15 is 0 Å². The molecule has 0 radical (unpaired) electrons. The maximum atomic E-state index is 3.48. The standard InChI is InChI=1S/C10H10BrNS2/c1-12-10(7-2-3-13-5-7)9-4-8(11)6-14-9/h2-6,10,12H,1H3. The first-order valence-electron chi connectivity index (χ1n) is 4.24. The van der Waals surface area contributed by atoms with Gasteiger partial charge in [0.15, 0.2) is 0 Å². The topological polar surface area (TPSA) is 12.0 Å². The molecule has 2 aromatic rings. The van der Waals surface area contributed by atoms with Crippen molar-refractivity contribution in [2.24, 2.45) is 0 Å². The Hall–Kier alpha value is -0.160. The van der Waals surface area contributed by atoms with Gasteiger partial charge in [-0.05, 0) is 51.4 Å². The SMILES string of the molecule is CNC(c1ccsc1)c1cc(Br)cs1. The monoisotopic (exact) mass is 287 g/mol. The van der Waals surface area contributed by atoms with Gasteiger partial charge in [-0.3, -0.25) is 0 Å². The van der Waals surface area contributed by atoms with Gasteiger partial charge in [-0.25, -0.2) is 0 Å². The second kappa shape index (κ2) is 4.57. The molecule has 0 aliphatic heterocycles. The summed E-state index contributed by atoms with van der Waals surface area (Å²) in [6.07, 6.45) is 0. The molecular weight excluding hydrogens is 278 g/mol. The number of hydrogen-bond acceptors (Lipinski definition) is 3. The zero-order valence-electron chi connectivity index (χ0n) is 7.66. The van der Waals surface area contributed by atoms with Crippen molar-refractivity contribution >= 4 is 38.6 Å². The Morgan fingerprint density at radius 3 is 2.79 bits per heavy atom. The van der Waals surface area contributed by atoms with Crippen molar-refractivity contribution in [3.8, 4) is 0 Å². The van der Waals surface area contributed by atoms with Crippen LogP contribution in [-0.2, 0) is 0 Å². The normalized spacial score (nSPS) is 13.0. The first kappa shape index (κ1) is 10.4. The minimum absolute atomic E-state index is 0.331. The molecule has 0 spiro atoms. The summed E-state index contributed by atoms with van der Waals surface area (Å²) in [5.41, 5.74) is 1.34. The fourth-order valence-electron chi connectivity index (χ4n) is 1.39. The van der Waals surface area contributed by atoms with Crippen LogP contribution in [0.2, 0.25) is 0 Å². The van der Waals surface area contributed by atoms with E-state index < -0.39 is 0 Å². The van der Waals surface area contributed by atoms with Crippen LogP contribution >= 0.6 is 38.6 Å². The lowest BCUT2D eigenvalue weighted by Gasteiger charge is -2.12. The maximum Gasteiger partial charge on any atom is 0.0677 e. The third-order valence-electron chi connectivity index (χ3n) is 2.04. The third-order valence-corrected chi connectivity index (χ3v) is 4.50. The molecule has 0 fully saturated rings. The van der Waals surface area contributed by atoms with Crippen molar-refractivity contribution < 1.29 is 0 Å². The Balaban J connectivity index is 2.31. The lowest BCUT2D eigenvalue weighted by Crippen LogP contribution is -2.15. The van der Waals surface area contributed by atoms with Crippen LogP contribution in [0.4, 0.5) is 0 Å². The van der Waals surface area contributed by atoms with Crippen molar-refractivity contribution in [1.29, 1.82) is 0 Å². The molecule has 0 aliphatic rings. The molecule has 2 aromatic heterocycles. The minimum Gasteiger partial charge on any atom is -0.309 e. The summed E-state index contributed by atoms with van der Waals surface area (Å²) in [7, 11) is 2.00. The van der Waals surface area contributed by atoms with E-state index in [4.69, 9.17) is 0 Å². The zero-order valence-corrected chi connectivity index (χ0v) is 10.9. The Morgan fingerprint density at radius 1 is 1.43 bits per heavy atom. The molecule has 0 aromatic carbocycles. The van der Waals surface area contributed by atoms with E-state index in [1.54, 1.807) is 22.7 Å². The molecule has 0 amide bonds. The summed E-state index contributed by atoms with van der Waals surface area (Å²) in [6.45, 7) is 0. The average molecular weight is 288 g/mol. The number of thiophene rings is 2. The highest BCUT2D eigenvalue weighted by atomic mass is 79.9. The molecule has 1 nitrogen and oxygen atoms in total. The molecular formula is C10H10BrNS2.